The maximum Gasteiger partial charge on any atom is 0.410 e. The number of carbonyl (C=O) groups excluding carboxylic acids is 2. The Kier molecular flexibility index (Phi) is 13.9. The highest BCUT2D eigenvalue weighted by Gasteiger charge is 2.52. The Labute approximate surface area is 305 Å². The van der Waals surface area contributed by atoms with Gasteiger partial charge in [-0.25, -0.2) is 4.79 Å². The topological polar surface area (TPSA) is 74.3 Å². The van der Waals surface area contributed by atoms with Gasteiger partial charge in [-0.05, 0) is 74.8 Å². The van der Waals surface area contributed by atoms with Gasteiger partial charge in [0.25, 0.3) is 0 Å². The van der Waals surface area contributed by atoms with Crippen LogP contribution in [-0.4, -0.2) is 71.4 Å². The largest absolute Gasteiger partial charge is 0.489 e. The number of hydrogen-bond donors (Lipinski definition) is 0. The number of amides is 1. The minimum absolute atomic E-state index is 0.000157. The number of esters is 1. The van der Waals surface area contributed by atoms with Gasteiger partial charge in [0.1, 0.15) is 18.0 Å². The molecule has 7 nitrogen and oxygen atoms in total. The van der Waals surface area contributed by atoms with Crippen molar-refractivity contribution >= 4 is 28.5 Å². The number of rotatable bonds is 14. The Morgan fingerprint density at radius 1 is 1.10 bits per heavy atom. The van der Waals surface area contributed by atoms with Gasteiger partial charge in [-0.1, -0.05) is 71.6 Å². The van der Waals surface area contributed by atoms with Crippen LogP contribution in [-0.2, 0) is 25.1 Å². The Hall–Kier alpha value is -2.55. The smallest absolute Gasteiger partial charge is 0.410 e. The van der Waals surface area contributed by atoms with E-state index in [9.17, 15) is 9.59 Å². The number of piperidine rings is 1. The number of fused-ring (bicyclic) bond motifs is 3. The molecule has 1 aliphatic carbocycles. The summed E-state index contributed by atoms with van der Waals surface area (Å²) in [5.41, 5.74) is 2.37. The molecule has 4 rings (SSSR count). The molecular weight excluding hydrogens is 659 g/mol. The number of aryl methyl sites for hydroxylation is 1. The quantitative estimate of drug-likeness (QED) is 0.0824. The van der Waals surface area contributed by atoms with E-state index in [2.05, 4.69) is 103 Å². The first-order valence-electron chi connectivity index (χ1n) is 19.2. The Morgan fingerprint density at radius 2 is 1.82 bits per heavy atom. The summed E-state index contributed by atoms with van der Waals surface area (Å²) in [5.74, 6) is 7.32. The SMILES string of the molecule is CC#CC[C@H](C)[C@@H](/C=C/[C@@H]1[C@H]2c3cccc(CCCC(=O)OCC[Si](C)(C)C)c3O[C@H]2C[C@H]1O[Si](C)(C)C(C)(C)C)OC(=O)N1CCCCC1. The third-order valence-electron chi connectivity index (χ3n) is 11.2. The highest BCUT2D eigenvalue weighted by Crippen LogP contribution is 2.54. The van der Waals surface area contributed by atoms with Crippen molar-refractivity contribution in [1.29, 1.82) is 0 Å². The molecule has 2 aliphatic heterocycles. The van der Waals surface area contributed by atoms with Gasteiger partial charge < -0.3 is 23.5 Å². The zero-order chi connectivity index (χ0) is 36.7. The van der Waals surface area contributed by atoms with E-state index in [4.69, 9.17) is 18.6 Å². The lowest BCUT2D eigenvalue weighted by molar-refractivity contribution is -0.143. The lowest BCUT2D eigenvalue weighted by Gasteiger charge is -2.40. The molecule has 0 spiro atoms. The molecule has 278 valence electrons. The molecule has 1 aromatic rings. The Balaban J connectivity index is 1.56. The molecule has 50 heavy (non-hydrogen) atoms. The number of benzene rings is 1. The second kappa shape index (κ2) is 17.3. The van der Waals surface area contributed by atoms with E-state index < -0.39 is 22.5 Å². The maximum absolute atomic E-state index is 13.3. The lowest BCUT2D eigenvalue weighted by Crippen LogP contribution is -2.45. The van der Waals surface area contributed by atoms with Gasteiger partial charge in [0.15, 0.2) is 8.32 Å². The van der Waals surface area contributed by atoms with Crippen molar-refractivity contribution in [3.05, 3.63) is 41.5 Å². The summed E-state index contributed by atoms with van der Waals surface area (Å²) >= 11 is 0. The highest BCUT2D eigenvalue weighted by molar-refractivity contribution is 6.76. The normalized spacial score (nSPS) is 23.4. The predicted octanol–water partition coefficient (Wildman–Crippen LogP) is 9.74. The van der Waals surface area contributed by atoms with Gasteiger partial charge in [0, 0.05) is 63.7 Å². The molecule has 0 aromatic heterocycles. The zero-order valence-corrected chi connectivity index (χ0v) is 34.7. The number of hydrogen-bond acceptors (Lipinski definition) is 6. The fourth-order valence-electron chi connectivity index (χ4n) is 7.02. The van der Waals surface area contributed by atoms with Gasteiger partial charge in [0.05, 0.1) is 12.7 Å². The zero-order valence-electron chi connectivity index (χ0n) is 32.7. The first-order valence-corrected chi connectivity index (χ1v) is 25.8. The predicted molar refractivity (Wildman–Crippen MR) is 208 cm³/mol. The van der Waals surface area contributed by atoms with Crippen LogP contribution in [0.3, 0.4) is 0 Å². The monoisotopic (exact) mass is 723 g/mol. The van der Waals surface area contributed by atoms with E-state index in [0.717, 1.165) is 69.0 Å². The number of para-hydroxylation sites is 1. The molecule has 9 heteroatoms. The minimum atomic E-state index is -2.10. The maximum atomic E-state index is 13.3. The van der Waals surface area contributed by atoms with Crippen molar-refractivity contribution in [1.82, 2.24) is 4.90 Å². The average molecular weight is 724 g/mol. The fourth-order valence-corrected chi connectivity index (χ4v) is 9.10. The molecule has 3 aliphatic rings. The van der Waals surface area contributed by atoms with Crippen molar-refractivity contribution in [2.24, 2.45) is 11.8 Å². The molecule has 0 unspecified atom stereocenters. The Morgan fingerprint density at radius 3 is 2.48 bits per heavy atom. The lowest BCUT2D eigenvalue weighted by atomic mass is 9.86. The summed E-state index contributed by atoms with van der Waals surface area (Å²) in [5, 5.41) is 0.0700. The van der Waals surface area contributed by atoms with Crippen molar-refractivity contribution in [2.75, 3.05) is 19.7 Å². The summed E-state index contributed by atoms with van der Waals surface area (Å²) in [6.07, 6.45) is 10.3. The van der Waals surface area contributed by atoms with Gasteiger partial charge in [-0.2, -0.15) is 0 Å². The van der Waals surface area contributed by atoms with Crippen molar-refractivity contribution in [3.63, 3.8) is 0 Å². The average Bonchev–Trinajstić information content (AvgIpc) is 3.56. The highest BCUT2D eigenvalue weighted by atomic mass is 28.4. The first-order chi connectivity index (χ1) is 23.5. The van der Waals surface area contributed by atoms with Gasteiger partial charge in [-0.3, -0.25) is 4.79 Å². The summed E-state index contributed by atoms with van der Waals surface area (Å²) in [6, 6.07) is 7.46. The first kappa shape index (κ1) is 40.2. The number of nitrogens with zero attached hydrogens (tertiary/aromatic N) is 1. The second-order valence-corrected chi connectivity index (χ2v) is 27.9. The van der Waals surface area contributed by atoms with Crippen LogP contribution in [0, 0.1) is 23.7 Å². The van der Waals surface area contributed by atoms with Crippen LogP contribution in [0.5, 0.6) is 5.75 Å². The van der Waals surface area contributed by atoms with Crippen molar-refractivity contribution in [2.45, 2.75) is 154 Å². The molecule has 0 bridgehead atoms. The summed E-state index contributed by atoms with van der Waals surface area (Å²) in [7, 11) is -3.33. The van der Waals surface area contributed by atoms with Gasteiger partial charge in [-0.15, -0.1) is 11.8 Å². The number of ether oxygens (including phenoxy) is 3. The minimum Gasteiger partial charge on any atom is -0.489 e. The summed E-state index contributed by atoms with van der Waals surface area (Å²) in [6.45, 7) is 24.4. The van der Waals surface area contributed by atoms with Crippen LogP contribution < -0.4 is 4.74 Å². The van der Waals surface area contributed by atoms with E-state index in [1.54, 1.807) is 0 Å². The van der Waals surface area contributed by atoms with Crippen molar-refractivity contribution < 1.29 is 28.2 Å². The molecule has 1 aromatic carbocycles. The number of carbonyl (C=O) groups is 2. The van der Waals surface area contributed by atoms with Crippen LogP contribution in [0.4, 0.5) is 4.79 Å². The van der Waals surface area contributed by atoms with E-state index in [0.29, 0.717) is 19.4 Å². The third-order valence-corrected chi connectivity index (χ3v) is 17.4. The van der Waals surface area contributed by atoms with E-state index in [1.165, 1.54) is 5.56 Å². The standard InChI is InChI=1S/C41H65NO6Si2/c1-11-12-18-30(2)34(47-40(44)42-25-14-13-15-26-42)24-23-32-35(48-50(9,10)41(3,4)5)29-36-38(32)33-21-16-19-31(39(33)46-36)20-17-22-37(43)45-27-28-49(6,7)8/h16,19,21,23-24,30,32,34-36,38H,13-15,17-18,20,22,25-29H2,1-10H3/b24-23+/t30-,32-,34+,35+,36-,38-/m0/s1. The molecule has 2 heterocycles. The molecule has 0 N–H and O–H groups in total. The molecule has 2 fully saturated rings. The summed E-state index contributed by atoms with van der Waals surface area (Å²) in [4.78, 5) is 27.6. The number of likely N-dealkylation sites (tertiary alicyclic amines) is 1. The van der Waals surface area contributed by atoms with Crippen LogP contribution in [0.2, 0.25) is 43.8 Å². The molecule has 1 saturated carbocycles. The van der Waals surface area contributed by atoms with E-state index >= 15 is 0 Å². The van der Waals surface area contributed by atoms with E-state index in [1.807, 2.05) is 11.8 Å². The third kappa shape index (κ3) is 10.7. The van der Waals surface area contributed by atoms with Crippen molar-refractivity contribution in [3.8, 4) is 17.6 Å². The van der Waals surface area contributed by atoms with Crippen LogP contribution in [0.1, 0.15) is 96.6 Å². The fraction of sp³-hybridized carbons (Fsp3) is 0.707. The molecule has 1 saturated heterocycles. The molecule has 0 radical (unpaired) electrons. The van der Waals surface area contributed by atoms with Gasteiger partial charge >= 0.3 is 12.1 Å². The molecular formula is C41H65NO6Si2. The van der Waals surface area contributed by atoms with Crippen LogP contribution in [0.25, 0.3) is 0 Å². The van der Waals surface area contributed by atoms with Gasteiger partial charge in [0.2, 0.25) is 0 Å². The van der Waals surface area contributed by atoms with Crippen LogP contribution >= 0.6 is 0 Å². The molecule has 6 atom stereocenters. The molecule has 1 amide bonds. The second-order valence-electron chi connectivity index (χ2n) is 17.5. The van der Waals surface area contributed by atoms with E-state index in [-0.39, 0.29) is 47.1 Å². The summed E-state index contributed by atoms with van der Waals surface area (Å²) < 4.78 is 25.8. The van der Waals surface area contributed by atoms with Crippen LogP contribution in [0.15, 0.2) is 30.4 Å². The Bertz CT molecular complexity index is 1390.